The maximum atomic E-state index is 9.43. The maximum Gasteiger partial charge on any atom is 0.119 e. The van der Waals surface area contributed by atoms with Crippen molar-refractivity contribution in [3.05, 3.63) is 29.3 Å². The predicted molar refractivity (Wildman–Crippen MR) is 50.8 cm³/mol. The highest BCUT2D eigenvalue weighted by molar-refractivity contribution is 5.85. The Kier molecular flexibility index (Phi) is 2.95. The molecule has 1 aromatic rings. The molecule has 0 saturated carbocycles. The van der Waals surface area contributed by atoms with Gasteiger partial charge in [-0.05, 0) is 30.2 Å². The number of rotatable bonds is 0. The van der Waals surface area contributed by atoms with Crippen LogP contribution in [0.15, 0.2) is 18.2 Å². The van der Waals surface area contributed by atoms with Crippen LogP contribution < -0.4 is 5.32 Å². The molecule has 1 aliphatic heterocycles. The fraction of sp³-hybridized carbons (Fsp3) is 0.333. The molecule has 0 amide bonds. The number of hydrogen-bond acceptors (Lipinski definition) is 2. The number of phenolic OH excluding ortho intramolecular Hbond substituents is 1. The van der Waals surface area contributed by atoms with Gasteiger partial charge < -0.3 is 10.4 Å². The molecule has 0 aromatic heterocycles. The van der Waals surface area contributed by atoms with Crippen LogP contribution in [0.5, 0.6) is 5.75 Å². The minimum atomic E-state index is 0. The van der Waals surface area contributed by atoms with Gasteiger partial charge in [-0.25, -0.2) is 0 Å². The first-order valence-electron chi connectivity index (χ1n) is 3.88. The van der Waals surface area contributed by atoms with Gasteiger partial charge in [0.2, 0.25) is 0 Å². The SMILES string of the molecule is Cl.Oc1cccc2c1CCNC2. The molecule has 0 aliphatic carbocycles. The second-order valence-electron chi connectivity index (χ2n) is 2.84. The molecule has 0 unspecified atom stereocenters. The molecule has 66 valence electrons. The molecule has 0 saturated heterocycles. The number of hydrogen-bond donors (Lipinski definition) is 2. The molecule has 3 heteroatoms. The summed E-state index contributed by atoms with van der Waals surface area (Å²) >= 11 is 0. The van der Waals surface area contributed by atoms with E-state index in [1.807, 2.05) is 6.07 Å². The monoisotopic (exact) mass is 185 g/mol. The lowest BCUT2D eigenvalue weighted by Crippen LogP contribution is -2.23. The summed E-state index contributed by atoms with van der Waals surface area (Å²) in [7, 11) is 0. The summed E-state index contributed by atoms with van der Waals surface area (Å²) in [4.78, 5) is 0. The van der Waals surface area contributed by atoms with Gasteiger partial charge in [0, 0.05) is 6.54 Å². The lowest BCUT2D eigenvalue weighted by atomic mass is 10.0. The summed E-state index contributed by atoms with van der Waals surface area (Å²) in [5, 5.41) is 12.7. The summed E-state index contributed by atoms with van der Waals surface area (Å²) in [6, 6.07) is 5.70. The Bertz CT molecular complexity index is 275. The highest BCUT2D eigenvalue weighted by Gasteiger charge is 2.10. The Morgan fingerprint density at radius 2 is 2.17 bits per heavy atom. The lowest BCUT2D eigenvalue weighted by molar-refractivity contribution is 0.461. The minimum absolute atomic E-state index is 0. The van der Waals surface area contributed by atoms with Gasteiger partial charge in [-0.2, -0.15) is 0 Å². The molecule has 0 radical (unpaired) electrons. The van der Waals surface area contributed by atoms with Gasteiger partial charge in [0.25, 0.3) is 0 Å². The standard InChI is InChI=1S/C9H11NO.ClH/c11-9-3-1-2-7-6-10-5-4-8(7)9;/h1-3,10-11H,4-6H2;1H. The molecule has 1 aromatic carbocycles. The van der Waals surface area contributed by atoms with Crippen LogP contribution in [0.2, 0.25) is 0 Å². The summed E-state index contributed by atoms with van der Waals surface area (Å²) in [6.07, 6.45) is 0.946. The summed E-state index contributed by atoms with van der Waals surface area (Å²) in [6.45, 7) is 1.87. The quantitative estimate of drug-likeness (QED) is 0.642. The average molecular weight is 186 g/mol. The van der Waals surface area contributed by atoms with Crippen molar-refractivity contribution < 1.29 is 5.11 Å². The third kappa shape index (κ3) is 1.54. The number of aromatic hydroxyl groups is 1. The van der Waals surface area contributed by atoms with Gasteiger partial charge in [-0.15, -0.1) is 12.4 Å². The number of fused-ring (bicyclic) bond motifs is 1. The average Bonchev–Trinajstić information content (AvgIpc) is 2.06. The summed E-state index contributed by atoms with van der Waals surface area (Å²) in [5.74, 6) is 0.448. The number of nitrogens with one attached hydrogen (secondary N) is 1. The Morgan fingerprint density at radius 3 is 2.92 bits per heavy atom. The van der Waals surface area contributed by atoms with Crippen molar-refractivity contribution in [3.63, 3.8) is 0 Å². The van der Waals surface area contributed by atoms with Crippen LogP contribution in [-0.2, 0) is 13.0 Å². The lowest BCUT2D eigenvalue weighted by Gasteiger charge is -2.17. The minimum Gasteiger partial charge on any atom is -0.508 e. The molecule has 0 bridgehead atoms. The van der Waals surface area contributed by atoms with Crippen molar-refractivity contribution in [1.82, 2.24) is 5.32 Å². The van der Waals surface area contributed by atoms with Gasteiger partial charge in [0.05, 0.1) is 0 Å². The van der Waals surface area contributed by atoms with E-state index in [4.69, 9.17) is 0 Å². The van der Waals surface area contributed by atoms with Crippen LogP contribution in [0.1, 0.15) is 11.1 Å². The maximum absolute atomic E-state index is 9.43. The number of phenols is 1. The van der Waals surface area contributed by atoms with E-state index < -0.39 is 0 Å². The number of halogens is 1. The third-order valence-electron chi connectivity index (χ3n) is 2.12. The van der Waals surface area contributed by atoms with Crippen LogP contribution in [0, 0.1) is 0 Å². The van der Waals surface area contributed by atoms with E-state index in [0.29, 0.717) is 5.75 Å². The largest absolute Gasteiger partial charge is 0.508 e. The van der Waals surface area contributed by atoms with E-state index in [1.165, 1.54) is 5.56 Å². The van der Waals surface area contributed by atoms with Gasteiger partial charge in [-0.3, -0.25) is 0 Å². The highest BCUT2D eigenvalue weighted by atomic mass is 35.5. The molecular formula is C9H12ClNO. The van der Waals surface area contributed by atoms with E-state index in [9.17, 15) is 5.11 Å². The van der Waals surface area contributed by atoms with Gasteiger partial charge in [0.1, 0.15) is 5.75 Å². The van der Waals surface area contributed by atoms with Gasteiger partial charge in [-0.1, -0.05) is 12.1 Å². The van der Waals surface area contributed by atoms with Crippen molar-refractivity contribution in [2.45, 2.75) is 13.0 Å². The van der Waals surface area contributed by atoms with Crippen LogP contribution in [0.25, 0.3) is 0 Å². The molecule has 0 fully saturated rings. The van der Waals surface area contributed by atoms with E-state index in [1.54, 1.807) is 6.07 Å². The first-order chi connectivity index (χ1) is 5.38. The molecule has 2 nitrogen and oxygen atoms in total. The molecule has 1 aliphatic rings. The Hall–Kier alpha value is -0.730. The second kappa shape index (κ2) is 3.78. The van der Waals surface area contributed by atoms with Crippen molar-refractivity contribution in [2.75, 3.05) is 6.54 Å². The molecule has 0 atom stereocenters. The molecule has 2 N–H and O–H groups in total. The van der Waals surface area contributed by atoms with E-state index in [-0.39, 0.29) is 12.4 Å². The van der Waals surface area contributed by atoms with Crippen LogP contribution in [-0.4, -0.2) is 11.7 Å². The van der Waals surface area contributed by atoms with Crippen LogP contribution in [0.4, 0.5) is 0 Å². The first kappa shape index (κ1) is 9.36. The van der Waals surface area contributed by atoms with Crippen molar-refractivity contribution >= 4 is 12.4 Å². The molecule has 12 heavy (non-hydrogen) atoms. The summed E-state index contributed by atoms with van der Waals surface area (Å²) < 4.78 is 0. The Morgan fingerprint density at radius 1 is 1.33 bits per heavy atom. The van der Waals surface area contributed by atoms with E-state index in [0.717, 1.165) is 25.1 Å². The third-order valence-corrected chi connectivity index (χ3v) is 2.12. The smallest absolute Gasteiger partial charge is 0.119 e. The molecule has 0 spiro atoms. The van der Waals surface area contributed by atoms with Crippen molar-refractivity contribution in [3.8, 4) is 5.75 Å². The van der Waals surface area contributed by atoms with Crippen molar-refractivity contribution in [2.24, 2.45) is 0 Å². The number of benzene rings is 1. The summed E-state index contributed by atoms with van der Waals surface area (Å²) in [5.41, 5.74) is 2.35. The fourth-order valence-corrected chi connectivity index (χ4v) is 1.51. The first-order valence-corrected chi connectivity index (χ1v) is 3.88. The second-order valence-corrected chi connectivity index (χ2v) is 2.84. The molecular weight excluding hydrogens is 174 g/mol. The van der Waals surface area contributed by atoms with Crippen LogP contribution >= 0.6 is 12.4 Å². The normalized spacial score (nSPS) is 14.7. The van der Waals surface area contributed by atoms with E-state index in [2.05, 4.69) is 11.4 Å². The van der Waals surface area contributed by atoms with E-state index >= 15 is 0 Å². The zero-order valence-corrected chi connectivity index (χ0v) is 7.53. The Labute approximate surface area is 78.0 Å². The molecule has 2 rings (SSSR count). The van der Waals surface area contributed by atoms with Gasteiger partial charge >= 0.3 is 0 Å². The highest BCUT2D eigenvalue weighted by Crippen LogP contribution is 2.23. The topological polar surface area (TPSA) is 32.3 Å². The Balaban J connectivity index is 0.000000720. The predicted octanol–water partition coefficient (Wildman–Crippen LogP) is 1.46. The molecule has 1 heterocycles. The fourth-order valence-electron chi connectivity index (χ4n) is 1.51. The van der Waals surface area contributed by atoms with Crippen molar-refractivity contribution in [1.29, 1.82) is 0 Å². The van der Waals surface area contributed by atoms with Crippen LogP contribution in [0.3, 0.4) is 0 Å². The zero-order chi connectivity index (χ0) is 7.68. The zero-order valence-electron chi connectivity index (χ0n) is 6.71. The van der Waals surface area contributed by atoms with Gasteiger partial charge in [0.15, 0.2) is 0 Å².